The summed E-state index contributed by atoms with van der Waals surface area (Å²) in [6, 6.07) is 11.0. The number of rotatable bonds is 7. The summed E-state index contributed by atoms with van der Waals surface area (Å²) in [6.07, 6.45) is 5.12. The van der Waals surface area contributed by atoms with E-state index in [4.69, 9.17) is 4.74 Å². The third kappa shape index (κ3) is 4.95. The van der Waals surface area contributed by atoms with Gasteiger partial charge in [-0.1, -0.05) is 11.8 Å². The molecule has 138 valence electrons. The van der Waals surface area contributed by atoms with Crippen molar-refractivity contribution in [2.45, 2.75) is 17.8 Å². The molecule has 0 saturated heterocycles. The molecular weight excluding hydrogens is 362 g/mol. The minimum atomic E-state index is -0.287. The van der Waals surface area contributed by atoms with Crippen molar-refractivity contribution < 1.29 is 9.53 Å². The Bertz CT molecular complexity index is 927. The van der Waals surface area contributed by atoms with Crippen LogP contribution >= 0.6 is 11.8 Å². The fraction of sp³-hybridized carbons (Fsp3) is 0.158. The molecule has 0 radical (unpaired) electrons. The number of hydrogen-bond acceptors (Lipinski definition) is 6. The molecule has 2 heterocycles. The van der Waals surface area contributed by atoms with Crippen molar-refractivity contribution in [3.63, 3.8) is 0 Å². The van der Waals surface area contributed by atoms with Crippen LogP contribution in [0.25, 0.3) is 0 Å². The highest BCUT2D eigenvalue weighted by molar-refractivity contribution is 7.98. The molecule has 27 heavy (non-hydrogen) atoms. The van der Waals surface area contributed by atoms with Gasteiger partial charge in [-0.15, -0.1) is 0 Å². The van der Waals surface area contributed by atoms with Gasteiger partial charge in [0.25, 0.3) is 5.91 Å². The van der Waals surface area contributed by atoms with Crippen molar-refractivity contribution in [2.24, 2.45) is 5.10 Å². The third-order valence-electron chi connectivity index (χ3n) is 3.76. The largest absolute Gasteiger partial charge is 0.496 e. The summed E-state index contributed by atoms with van der Waals surface area (Å²) in [7, 11) is 1.64. The SMILES string of the molecule is COc1ccc(/C(C)=N\NC(=O)c2ccc[nH]2)cc1CSc1ncccn1. The number of benzene rings is 1. The number of aromatic amines is 1. The summed E-state index contributed by atoms with van der Waals surface area (Å²) in [5.74, 6) is 1.15. The summed E-state index contributed by atoms with van der Waals surface area (Å²) in [5, 5.41) is 4.89. The van der Waals surface area contributed by atoms with Crippen molar-refractivity contribution in [1.82, 2.24) is 20.4 Å². The maximum absolute atomic E-state index is 12.0. The third-order valence-corrected chi connectivity index (χ3v) is 4.69. The van der Waals surface area contributed by atoms with Crippen LogP contribution in [0.1, 0.15) is 28.5 Å². The van der Waals surface area contributed by atoms with Crippen LogP contribution in [0.3, 0.4) is 0 Å². The Kier molecular flexibility index (Phi) is 6.22. The molecule has 8 heteroatoms. The maximum atomic E-state index is 12.0. The van der Waals surface area contributed by atoms with Crippen molar-refractivity contribution in [3.05, 3.63) is 71.8 Å². The number of amides is 1. The molecule has 1 aromatic carbocycles. The number of aromatic nitrogens is 3. The van der Waals surface area contributed by atoms with E-state index in [1.807, 2.05) is 25.1 Å². The van der Waals surface area contributed by atoms with E-state index in [-0.39, 0.29) is 5.91 Å². The van der Waals surface area contributed by atoms with Gasteiger partial charge in [-0.05, 0) is 48.9 Å². The lowest BCUT2D eigenvalue weighted by Crippen LogP contribution is -2.19. The van der Waals surface area contributed by atoms with Crippen molar-refractivity contribution in [1.29, 1.82) is 0 Å². The second-order valence-electron chi connectivity index (χ2n) is 5.57. The molecule has 0 aliphatic heterocycles. The Morgan fingerprint density at radius 3 is 2.78 bits per heavy atom. The Balaban J connectivity index is 1.73. The van der Waals surface area contributed by atoms with Crippen molar-refractivity contribution >= 4 is 23.4 Å². The Labute approximate surface area is 161 Å². The Hall–Kier alpha value is -3.13. The Morgan fingerprint density at radius 1 is 1.26 bits per heavy atom. The highest BCUT2D eigenvalue weighted by Gasteiger charge is 2.09. The molecular formula is C19H19N5O2S. The number of H-pyrrole nitrogens is 1. The number of carbonyl (C=O) groups is 1. The minimum absolute atomic E-state index is 0.287. The summed E-state index contributed by atoms with van der Waals surface area (Å²) >= 11 is 1.52. The van der Waals surface area contributed by atoms with Crippen LogP contribution in [-0.2, 0) is 5.75 Å². The predicted octanol–water partition coefficient (Wildman–Crippen LogP) is 3.26. The van der Waals surface area contributed by atoms with Crippen LogP contribution in [0.2, 0.25) is 0 Å². The van der Waals surface area contributed by atoms with Gasteiger partial charge in [0, 0.05) is 29.9 Å². The van der Waals surface area contributed by atoms with E-state index in [0.717, 1.165) is 16.9 Å². The first-order valence-electron chi connectivity index (χ1n) is 8.22. The zero-order valence-corrected chi connectivity index (χ0v) is 15.8. The standard InChI is InChI=1S/C19H19N5O2S/c1-13(23-24-18(25)16-5-3-8-20-16)14-6-7-17(26-2)15(11-14)12-27-19-21-9-4-10-22-19/h3-11,20H,12H2,1-2H3,(H,24,25)/b23-13-. The first-order valence-corrected chi connectivity index (χ1v) is 9.21. The lowest BCUT2D eigenvalue weighted by atomic mass is 10.1. The quantitative estimate of drug-likeness (QED) is 0.284. The topological polar surface area (TPSA) is 92.3 Å². The first kappa shape index (κ1) is 18.7. The maximum Gasteiger partial charge on any atom is 0.287 e. The molecule has 0 atom stereocenters. The van der Waals surface area contributed by atoms with Crippen molar-refractivity contribution in [2.75, 3.05) is 7.11 Å². The molecule has 0 bridgehead atoms. The predicted molar refractivity (Wildman–Crippen MR) is 105 cm³/mol. The smallest absolute Gasteiger partial charge is 0.287 e. The van der Waals surface area contributed by atoms with Crippen LogP contribution in [0.5, 0.6) is 5.75 Å². The molecule has 3 rings (SSSR count). The van der Waals surface area contributed by atoms with E-state index >= 15 is 0 Å². The zero-order valence-electron chi connectivity index (χ0n) is 15.0. The van der Waals surface area contributed by atoms with Gasteiger partial charge in [0.15, 0.2) is 5.16 Å². The fourth-order valence-electron chi connectivity index (χ4n) is 2.35. The molecule has 2 aromatic heterocycles. The average Bonchev–Trinajstić information content (AvgIpc) is 3.25. The molecule has 0 aliphatic rings. The zero-order chi connectivity index (χ0) is 19.1. The van der Waals surface area contributed by atoms with Gasteiger partial charge < -0.3 is 9.72 Å². The average molecular weight is 381 g/mol. The van der Waals surface area contributed by atoms with E-state index in [9.17, 15) is 4.79 Å². The van der Waals surface area contributed by atoms with Gasteiger partial charge >= 0.3 is 0 Å². The van der Waals surface area contributed by atoms with Crippen LogP contribution in [-0.4, -0.2) is 33.7 Å². The molecule has 0 unspecified atom stereocenters. The van der Waals surface area contributed by atoms with E-state index in [2.05, 4.69) is 25.5 Å². The van der Waals surface area contributed by atoms with Gasteiger partial charge in [-0.25, -0.2) is 15.4 Å². The molecule has 3 aromatic rings. The van der Waals surface area contributed by atoms with E-state index in [0.29, 0.717) is 22.3 Å². The molecule has 0 spiro atoms. The first-order chi connectivity index (χ1) is 13.2. The van der Waals surface area contributed by atoms with E-state index in [1.54, 1.807) is 43.9 Å². The van der Waals surface area contributed by atoms with E-state index < -0.39 is 0 Å². The molecule has 0 aliphatic carbocycles. The van der Waals surface area contributed by atoms with Gasteiger partial charge in [-0.2, -0.15) is 5.10 Å². The number of methoxy groups -OCH3 is 1. The summed E-state index contributed by atoms with van der Waals surface area (Å²) < 4.78 is 5.45. The Morgan fingerprint density at radius 2 is 2.07 bits per heavy atom. The number of carbonyl (C=O) groups excluding carboxylic acids is 1. The normalized spacial score (nSPS) is 11.3. The highest BCUT2D eigenvalue weighted by Crippen LogP contribution is 2.27. The van der Waals surface area contributed by atoms with Gasteiger partial charge in [-0.3, -0.25) is 4.79 Å². The number of nitrogens with zero attached hydrogens (tertiary/aromatic N) is 3. The fourth-order valence-corrected chi connectivity index (χ4v) is 3.13. The van der Waals surface area contributed by atoms with Gasteiger partial charge in [0.05, 0.1) is 12.8 Å². The van der Waals surface area contributed by atoms with Crippen LogP contribution in [0.15, 0.2) is 65.2 Å². The molecule has 0 saturated carbocycles. The van der Waals surface area contributed by atoms with Gasteiger partial charge in [0.2, 0.25) is 0 Å². The molecule has 1 amide bonds. The van der Waals surface area contributed by atoms with Gasteiger partial charge in [0.1, 0.15) is 11.4 Å². The number of hydrogen-bond donors (Lipinski definition) is 2. The molecule has 7 nitrogen and oxygen atoms in total. The van der Waals surface area contributed by atoms with Crippen LogP contribution in [0.4, 0.5) is 0 Å². The second kappa shape index (κ2) is 9.00. The second-order valence-corrected chi connectivity index (χ2v) is 6.51. The number of ether oxygens (including phenoxy) is 1. The molecule has 0 fully saturated rings. The van der Waals surface area contributed by atoms with E-state index in [1.165, 1.54) is 11.8 Å². The van der Waals surface area contributed by atoms with Crippen LogP contribution < -0.4 is 10.2 Å². The van der Waals surface area contributed by atoms with Crippen LogP contribution in [0, 0.1) is 0 Å². The number of hydrazone groups is 1. The van der Waals surface area contributed by atoms with Crippen molar-refractivity contribution in [3.8, 4) is 5.75 Å². The summed E-state index contributed by atoms with van der Waals surface area (Å²) in [6.45, 7) is 1.84. The molecule has 2 N–H and O–H groups in total. The lowest BCUT2D eigenvalue weighted by molar-refractivity contribution is 0.0950. The number of thioether (sulfide) groups is 1. The monoisotopic (exact) mass is 381 g/mol. The lowest BCUT2D eigenvalue weighted by Gasteiger charge is -2.10. The summed E-state index contributed by atoms with van der Waals surface area (Å²) in [4.78, 5) is 23.3. The summed E-state index contributed by atoms with van der Waals surface area (Å²) in [5.41, 5.74) is 5.60. The minimum Gasteiger partial charge on any atom is -0.496 e. The number of nitrogens with one attached hydrogen (secondary N) is 2. The highest BCUT2D eigenvalue weighted by atomic mass is 32.2.